The minimum Gasteiger partial charge on any atom is -0.548 e. The fourth-order valence-electron chi connectivity index (χ4n) is 5.99. The lowest BCUT2D eigenvalue weighted by Gasteiger charge is -2.59. The zero-order valence-electron chi connectivity index (χ0n) is 14.1. The van der Waals surface area contributed by atoms with Gasteiger partial charge in [-0.1, -0.05) is 17.7 Å². The average molecular weight is 326 g/mol. The molecule has 5 rings (SSSR count). The number of benzene rings is 1. The van der Waals surface area contributed by atoms with Gasteiger partial charge in [-0.25, -0.2) is 0 Å². The average Bonchev–Trinajstić information content (AvgIpc) is 2.50. The number of carboxylic acid groups (broad SMARTS) is 1. The highest BCUT2D eigenvalue weighted by molar-refractivity contribution is 5.96. The van der Waals surface area contributed by atoms with Crippen molar-refractivity contribution in [2.75, 3.05) is 0 Å². The van der Waals surface area contributed by atoms with E-state index in [1.807, 2.05) is 19.1 Å². The SMILES string of the molecule is Cc1cccc(C(=O)NC(C(=O)[O-])C23CC4CC(CC(C4)C2)C3)c1. The summed E-state index contributed by atoms with van der Waals surface area (Å²) in [5.41, 5.74) is 1.21. The molecule has 0 spiro atoms. The maximum Gasteiger partial charge on any atom is 0.251 e. The molecule has 4 saturated carbocycles. The van der Waals surface area contributed by atoms with E-state index >= 15 is 0 Å². The zero-order valence-corrected chi connectivity index (χ0v) is 14.1. The molecule has 24 heavy (non-hydrogen) atoms. The molecule has 4 heteroatoms. The van der Waals surface area contributed by atoms with Gasteiger partial charge in [-0.05, 0) is 80.8 Å². The molecule has 1 aromatic rings. The number of rotatable bonds is 4. The first-order valence-electron chi connectivity index (χ1n) is 9.03. The highest BCUT2D eigenvalue weighted by Crippen LogP contribution is 2.61. The van der Waals surface area contributed by atoms with Crippen LogP contribution in [0.4, 0.5) is 0 Å². The third-order valence-corrected chi connectivity index (χ3v) is 6.49. The lowest BCUT2D eigenvalue weighted by molar-refractivity contribution is -0.313. The van der Waals surface area contributed by atoms with E-state index in [0.717, 1.165) is 24.8 Å². The molecule has 0 aliphatic heterocycles. The fourth-order valence-corrected chi connectivity index (χ4v) is 5.99. The van der Waals surface area contributed by atoms with Gasteiger partial charge in [-0.15, -0.1) is 0 Å². The van der Waals surface area contributed by atoms with Gasteiger partial charge >= 0.3 is 0 Å². The minimum atomic E-state index is -1.13. The van der Waals surface area contributed by atoms with Crippen LogP contribution in [0, 0.1) is 30.1 Å². The molecule has 1 N–H and O–H groups in total. The Morgan fingerprint density at radius 3 is 2.21 bits per heavy atom. The number of carbonyl (C=O) groups excluding carboxylic acids is 2. The lowest BCUT2D eigenvalue weighted by atomic mass is 9.47. The molecule has 0 heterocycles. The molecule has 1 atom stereocenters. The third-order valence-electron chi connectivity index (χ3n) is 6.49. The van der Waals surface area contributed by atoms with Gasteiger partial charge in [0.25, 0.3) is 5.91 Å². The molecule has 4 nitrogen and oxygen atoms in total. The Morgan fingerprint density at radius 1 is 1.12 bits per heavy atom. The fraction of sp³-hybridized carbons (Fsp3) is 0.600. The van der Waals surface area contributed by atoms with Gasteiger partial charge in [0.15, 0.2) is 0 Å². The van der Waals surface area contributed by atoms with Crippen molar-refractivity contribution in [1.82, 2.24) is 5.32 Å². The number of amides is 1. The van der Waals surface area contributed by atoms with Crippen LogP contribution < -0.4 is 10.4 Å². The minimum absolute atomic E-state index is 0.299. The van der Waals surface area contributed by atoms with E-state index < -0.39 is 12.0 Å². The number of carboxylic acids is 1. The molecule has 128 valence electrons. The van der Waals surface area contributed by atoms with Crippen LogP contribution in [0.2, 0.25) is 0 Å². The van der Waals surface area contributed by atoms with Crippen LogP contribution >= 0.6 is 0 Å². The van der Waals surface area contributed by atoms with E-state index in [9.17, 15) is 14.7 Å². The van der Waals surface area contributed by atoms with Crippen molar-refractivity contribution in [2.45, 2.75) is 51.5 Å². The second-order valence-corrected chi connectivity index (χ2v) is 8.37. The van der Waals surface area contributed by atoms with E-state index in [0.29, 0.717) is 23.3 Å². The van der Waals surface area contributed by atoms with Crippen molar-refractivity contribution >= 4 is 11.9 Å². The van der Waals surface area contributed by atoms with Gasteiger partial charge in [-0.2, -0.15) is 0 Å². The maximum atomic E-state index is 12.6. The van der Waals surface area contributed by atoms with Crippen molar-refractivity contribution in [3.8, 4) is 0 Å². The summed E-state index contributed by atoms with van der Waals surface area (Å²) >= 11 is 0. The summed E-state index contributed by atoms with van der Waals surface area (Å²) in [4.78, 5) is 24.5. The van der Waals surface area contributed by atoms with Crippen molar-refractivity contribution in [3.63, 3.8) is 0 Å². The lowest BCUT2D eigenvalue weighted by Crippen LogP contribution is -2.62. The van der Waals surface area contributed by atoms with Gasteiger partial charge in [-0.3, -0.25) is 4.79 Å². The van der Waals surface area contributed by atoms with Crippen LogP contribution in [0.15, 0.2) is 24.3 Å². The predicted octanol–water partition coefficient (Wildman–Crippen LogP) is 2.06. The Bertz CT molecular complexity index is 646. The molecule has 4 bridgehead atoms. The summed E-state index contributed by atoms with van der Waals surface area (Å²) in [6.07, 6.45) is 6.49. The van der Waals surface area contributed by atoms with E-state index in [4.69, 9.17) is 0 Å². The van der Waals surface area contributed by atoms with Crippen molar-refractivity contribution in [2.24, 2.45) is 23.2 Å². The number of nitrogens with one attached hydrogen (secondary N) is 1. The first kappa shape index (κ1) is 15.7. The molecule has 1 amide bonds. The van der Waals surface area contributed by atoms with Gasteiger partial charge < -0.3 is 15.2 Å². The Balaban J connectivity index is 1.59. The first-order chi connectivity index (χ1) is 11.4. The summed E-state index contributed by atoms with van der Waals surface area (Å²) < 4.78 is 0. The van der Waals surface area contributed by atoms with E-state index in [2.05, 4.69) is 5.32 Å². The molecule has 1 aromatic carbocycles. The largest absolute Gasteiger partial charge is 0.548 e. The summed E-state index contributed by atoms with van der Waals surface area (Å²) in [6.45, 7) is 1.92. The van der Waals surface area contributed by atoms with Gasteiger partial charge in [0.2, 0.25) is 0 Å². The number of hydrogen-bond acceptors (Lipinski definition) is 3. The number of aliphatic carboxylic acids is 1. The molecule has 0 saturated heterocycles. The maximum absolute atomic E-state index is 12.6. The predicted molar refractivity (Wildman–Crippen MR) is 88.0 cm³/mol. The van der Waals surface area contributed by atoms with Crippen LogP contribution in [-0.2, 0) is 4.79 Å². The summed E-state index contributed by atoms with van der Waals surface area (Å²) in [5, 5.41) is 14.7. The van der Waals surface area contributed by atoms with Crippen LogP contribution in [0.1, 0.15) is 54.4 Å². The van der Waals surface area contributed by atoms with Crippen LogP contribution in [0.25, 0.3) is 0 Å². The van der Waals surface area contributed by atoms with Crippen LogP contribution in [-0.4, -0.2) is 17.9 Å². The second-order valence-electron chi connectivity index (χ2n) is 8.37. The standard InChI is InChI=1S/C20H25NO3/c1-12-3-2-4-16(5-12)18(22)21-17(19(23)24)20-9-13-6-14(10-20)8-15(7-13)11-20/h2-5,13-15,17H,6-11H2,1H3,(H,21,22)(H,23,24)/p-1. The van der Waals surface area contributed by atoms with Crippen molar-refractivity contribution in [3.05, 3.63) is 35.4 Å². The van der Waals surface area contributed by atoms with E-state index in [1.165, 1.54) is 19.3 Å². The summed E-state index contributed by atoms with van der Waals surface area (Å²) in [5.74, 6) is 0.471. The molecule has 1 unspecified atom stereocenters. The van der Waals surface area contributed by atoms with Gasteiger partial charge in [0.05, 0.1) is 12.0 Å². The van der Waals surface area contributed by atoms with Crippen molar-refractivity contribution in [1.29, 1.82) is 0 Å². The van der Waals surface area contributed by atoms with Crippen molar-refractivity contribution < 1.29 is 14.7 Å². The molecular formula is C20H24NO3-. The quantitative estimate of drug-likeness (QED) is 0.921. The Labute approximate surface area is 142 Å². The normalized spacial score (nSPS) is 34.8. The van der Waals surface area contributed by atoms with Crippen LogP contribution in [0.3, 0.4) is 0 Å². The molecule has 4 fully saturated rings. The number of carbonyl (C=O) groups is 2. The molecule has 0 aromatic heterocycles. The third kappa shape index (κ3) is 2.62. The zero-order chi connectivity index (χ0) is 16.9. The molecule has 4 aliphatic carbocycles. The topological polar surface area (TPSA) is 69.2 Å². The Kier molecular flexibility index (Phi) is 3.66. The van der Waals surface area contributed by atoms with Gasteiger partial charge in [0, 0.05) is 5.56 Å². The summed E-state index contributed by atoms with van der Waals surface area (Å²) in [7, 11) is 0. The molecule has 0 radical (unpaired) electrons. The smallest absolute Gasteiger partial charge is 0.251 e. The molecule has 4 aliphatic rings. The Hall–Kier alpha value is -1.84. The highest BCUT2D eigenvalue weighted by atomic mass is 16.4. The van der Waals surface area contributed by atoms with E-state index in [-0.39, 0.29) is 11.3 Å². The monoisotopic (exact) mass is 326 g/mol. The van der Waals surface area contributed by atoms with E-state index in [1.54, 1.807) is 12.1 Å². The number of hydrogen-bond donors (Lipinski definition) is 1. The first-order valence-corrected chi connectivity index (χ1v) is 9.03. The van der Waals surface area contributed by atoms with Gasteiger partial charge in [0.1, 0.15) is 0 Å². The number of aryl methyl sites for hydroxylation is 1. The Morgan fingerprint density at radius 2 is 1.71 bits per heavy atom. The van der Waals surface area contributed by atoms with Crippen LogP contribution in [0.5, 0.6) is 0 Å². The molecular weight excluding hydrogens is 302 g/mol. The summed E-state index contributed by atoms with van der Waals surface area (Å²) in [6, 6.07) is 6.39. The highest BCUT2D eigenvalue weighted by Gasteiger charge is 2.54. The second kappa shape index (κ2) is 5.61.